The molecule has 3 N–H and O–H groups in total. The van der Waals surface area contributed by atoms with Gasteiger partial charge in [0, 0.05) is 30.2 Å². The third-order valence-corrected chi connectivity index (χ3v) is 4.21. The summed E-state index contributed by atoms with van der Waals surface area (Å²) in [5, 5.41) is 7.56. The van der Waals surface area contributed by atoms with Crippen LogP contribution in [-0.4, -0.2) is 29.0 Å². The number of halogens is 2. The number of nitrogens with zero attached hydrogens (tertiary/aromatic N) is 2. The minimum Gasteiger partial charge on any atom is -0.444 e. The predicted molar refractivity (Wildman–Crippen MR) is 116 cm³/mol. The Morgan fingerprint density at radius 2 is 2.11 bits per heavy atom. The van der Waals surface area contributed by atoms with E-state index < -0.39 is 0 Å². The van der Waals surface area contributed by atoms with Crippen molar-refractivity contribution in [1.82, 2.24) is 20.6 Å². The van der Waals surface area contributed by atoms with Gasteiger partial charge in [0.1, 0.15) is 18.1 Å². The predicted octanol–water partition coefficient (Wildman–Crippen LogP) is 3.83. The Balaban J connectivity index is 0.00000261. The number of fused-ring (bicyclic) bond motifs is 1. The van der Waals surface area contributed by atoms with Crippen LogP contribution in [0.1, 0.15) is 29.8 Å². The highest BCUT2D eigenvalue weighted by Crippen LogP contribution is 2.19. The van der Waals surface area contributed by atoms with Gasteiger partial charge in [0.15, 0.2) is 5.96 Å². The molecular weight excluding hydrogens is 460 g/mol. The normalized spacial score (nSPS) is 11.5. The number of aromatic amines is 1. The summed E-state index contributed by atoms with van der Waals surface area (Å²) in [7, 11) is 0. The molecule has 146 valence electrons. The molecule has 6 nitrogen and oxygen atoms in total. The second kappa shape index (κ2) is 9.72. The first-order valence-corrected chi connectivity index (χ1v) is 8.77. The Kier molecular flexibility index (Phi) is 7.64. The van der Waals surface area contributed by atoms with Crippen LogP contribution < -0.4 is 10.6 Å². The number of H-pyrrole nitrogens is 1. The van der Waals surface area contributed by atoms with Crippen LogP contribution in [0.3, 0.4) is 0 Å². The lowest BCUT2D eigenvalue weighted by atomic mass is 10.1. The Labute approximate surface area is 175 Å². The van der Waals surface area contributed by atoms with Crippen LogP contribution in [-0.2, 0) is 13.0 Å². The molecule has 0 atom stereocenters. The summed E-state index contributed by atoms with van der Waals surface area (Å²) in [6, 6.07) is 4.81. The molecule has 3 rings (SSSR count). The molecule has 2 aromatic heterocycles. The van der Waals surface area contributed by atoms with E-state index in [0.29, 0.717) is 24.9 Å². The van der Waals surface area contributed by atoms with Crippen LogP contribution in [0.5, 0.6) is 0 Å². The van der Waals surface area contributed by atoms with Gasteiger partial charge in [0.05, 0.1) is 5.69 Å². The van der Waals surface area contributed by atoms with Crippen LogP contribution in [0.4, 0.5) is 4.39 Å². The van der Waals surface area contributed by atoms with E-state index in [1.807, 2.05) is 33.0 Å². The molecule has 0 spiro atoms. The fourth-order valence-electron chi connectivity index (χ4n) is 2.78. The minimum atomic E-state index is -0.234. The van der Waals surface area contributed by atoms with Gasteiger partial charge in [-0.2, -0.15) is 0 Å². The summed E-state index contributed by atoms with van der Waals surface area (Å²) in [4.78, 5) is 12.0. The highest BCUT2D eigenvalue weighted by Gasteiger charge is 2.07. The molecule has 2 heterocycles. The van der Waals surface area contributed by atoms with E-state index in [4.69, 9.17) is 4.42 Å². The van der Waals surface area contributed by atoms with Crippen LogP contribution in [0.15, 0.2) is 33.8 Å². The summed E-state index contributed by atoms with van der Waals surface area (Å²) in [6.45, 7) is 7.69. The van der Waals surface area contributed by atoms with E-state index in [0.717, 1.165) is 40.9 Å². The summed E-state index contributed by atoms with van der Waals surface area (Å²) in [6.07, 6.45) is 2.72. The van der Waals surface area contributed by atoms with Crippen molar-refractivity contribution in [3.63, 3.8) is 0 Å². The molecule has 0 aliphatic carbocycles. The number of nitrogens with one attached hydrogen (secondary N) is 3. The van der Waals surface area contributed by atoms with Gasteiger partial charge in [-0.15, -0.1) is 24.0 Å². The number of hydrogen-bond donors (Lipinski definition) is 3. The van der Waals surface area contributed by atoms with Crippen molar-refractivity contribution in [1.29, 1.82) is 0 Å². The molecule has 0 amide bonds. The largest absolute Gasteiger partial charge is 0.444 e. The summed E-state index contributed by atoms with van der Waals surface area (Å²) in [5.74, 6) is 1.91. The molecule has 0 unspecified atom stereocenters. The van der Waals surface area contributed by atoms with Crippen molar-refractivity contribution in [2.75, 3.05) is 13.1 Å². The number of hydrogen-bond acceptors (Lipinski definition) is 3. The fraction of sp³-hybridized carbons (Fsp3) is 0.368. The van der Waals surface area contributed by atoms with E-state index in [1.165, 1.54) is 12.1 Å². The SMILES string of the molecule is CCNC(=NCc1nc(C)c(C)o1)NCCc1c[nH]c2cc(F)ccc12.I. The average Bonchev–Trinajstić information content (AvgIpc) is 3.15. The van der Waals surface area contributed by atoms with E-state index in [-0.39, 0.29) is 29.8 Å². The van der Waals surface area contributed by atoms with Gasteiger partial charge in [-0.1, -0.05) is 0 Å². The monoisotopic (exact) mass is 485 g/mol. The zero-order valence-electron chi connectivity index (χ0n) is 15.7. The highest BCUT2D eigenvalue weighted by molar-refractivity contribution is 14.0. The molecule has 8 heteroatoms. The van der Waals surface area contributed by atoms with Crippen molar-refractivity contribution in [3.8, 4) is 0 Å². The third-order valence-electron chi connectivity index (χ3n) is 4.21. The van der Waals surface area contributed by atoms with Crippen molar-refractivity contribution in [2.24, 2.45) is 4.99 Å². The number of aliphatic imine (C=N–C) groups is 1. The second-order valence-electron chi connectivity index (χ2n) is 6.12. The van der Waals surface area contributed by atoms with Gasteiger partial charge in [0.2, 0.25) is 5.89 Å². The van der Waals surface area contributed by atoms with Gasteiger partial charge >= 0.3 is 0 Å². The molecule has 0 saturated carbocycles. The van der Waals surface area contributed by atoms with Crippen molar-refractivity contribution in [3.05, 3.63) is 53.1 Å². The van der Waals surface area contributed by atoms with E-state index in [9.17, 15) is 4.39 Å². The molecule has 0 aliphatic rings. The standard InChI is InChI=1S/C19H24FN5O.HI/c1-4-21-19(24-11-18-25-12(2)13(3)26-18)22-8-7-14-10-23-17-9-15(20)5-6-16(14)17;/h5-6,9-10,23H,4,7-8,11H2,1-3H3,(H2,21,22,24);1H. The first kappa shape index (κ1) is 21.2. The van der Waals surface area contributed by atoms with Crippen LogP contribution in [0.25, 0.3) is 10.9 Å². The molecule has 1 aromatic carbocycles. The van der Waals surface area contributed by atoms with Crippen LogP contribution in [0, 0.1) is 19.7 Å². The number of aryl methyl sites for hydroxylation is 2. The minimum absolute atomic E-state index is 0. The third kappa shape index (κ3) is 5.44. The summed E-state index contributed by atoms with van der Waals surface area (Å²) in [5.41, 5.74) is 2.85. The van der Waals surface area contributed by atoms with Gasteiger partial charge in [-0.3, -0.25) is 0 Å². The number of oxazole rings is 1. The number of rotatable bonds is 6. The molecule has 0 saturated heterocycles. The number of benzene rings is 1. The maximum atomic E-state index is 13.3. The lowest BCUT2D eigenvalue weighted by molar-refractivity contribution is 0.473. The van der Waals surface area contributed by atoms with Crippen molar-refractivity contribution >= 4 is 40.8 Å². The van der Waals surface area contributed by atoms with Gasteiger partial charge in [0.25, 0.3) is 0 Å². The molecule has 0 fully saturated rings. The van der Waals surface area contributed by atoms with Gasteiger partial charge < -0.3 is 20.0 Å². The summed E-state index contributed by atoms with van der Waals surface area (Å²) >= 11 is 0. The molecule has 0 aliphatic heterocycles. The Morgan fingerprint density at radius 3 is 2.81 bits per heavy atom. The zero-order valence-corrected chi connectivity index (χ0v) is 18.1. The summed E-state index contributed by atoms with van der Waals surface area (Å²) < 4.78 is 18.8. The zero-order chi connectivity index (χ0) is 18.5. The topological polar surface area (TPSA) is 78.2 Å². The van der Waals surface area contributed by atoms with E-state index >= 15 is 0 Å². The highest BCUT2D eigenvalue weighted by atomic mass is 127. The Bertz CT molecular complexity index is 899. The molecule has 0 radical (unpaired) electrons. The quantitative estimate of drug-likeness (QED) is 0.282. The van der Waals surface area contributed by atoms with Crippen LogP contribution in [0.2, 0.25) is 0 Å². The van der Waals surface area contributed by atoms with E-state index in [1.54, 1.807) is 0 Å². The lowest BCUT2D eigenvalue weighted by Crippen LogP contribution is -2.38. The maximum absolute atomic E-state index is 13.3. The lowest BCUT2D eigenvalue weighted by Gasteiger charge is -2.10. The first-order valence-electron chi connectivity index (χ1n) is 8.77. The van der Waals surface area contributed by atoms with Crippen molar-refractivity contribution in [2.45, 2.75) is 33.7 Å². The Hall–Kier alpha value is -2.10. The number of aromatic nitrogens is 2. The first-order chi connectivity index (χ1) is 12.6. The smallest absolute Gasteiger partial charge is 0.216 e. The Morgan fingerprint density at radius 1 is 1.30 bits per heavy atom. The molecule has 27 heavy (non-hydrogen) atoms. The van der Waals surface area contributed by atoms with Gasteiger partial charge in [-0.25, -0.2) is 14.4 Å². The van der Waals surface area contributed by atoms with Crippen molar-refractivity contribution < 1.29 is 8.81 Å². The van der Waals surface area contributed by atoms with Crippen LogP contribution >= 0.6 is 24.0 Å². The second-order valence-corrected chi connectivity index (χ2v) is 6.12. The van der Waals surface area contributed by atoms with Gasteiger partial charge in [-0.05, 0) is 51.0 Å². The molecular formula is C19H25FIN5O. The molecule has 3 aromatic rings. The maximum Gasteiger partial charge on any atom is 0.216 e. The van der Waals surface area contributed by atoms with E-state index in [2.05, 4.69) is 25.6 Å². The average molecular weight is 485 g/mol. The fourth-order valence-corrected chi connectivity index (χ4v) is 2.78. The number of guanidine groups is 1. The molecule has 0 bridgehead atoms.